The molecule has 28 heavy (non-hydrogen) atoms. The predicted molar refractivity (Wildman–Crippen MR) is 101 cm³/mol. The summed E-state index contributed by atoms with van der Waals surface area (Å²) in [5.74, 6) is -0.556. The van der Waals surface area contributed by atoms with E-state index in [0.717, 1.165) is 18.5 Å². The van der Waals surface area contributed by atoms with Crippen molar-refractivity contribution in [2.75, 3.05) is 13.2 Å². The van der Waals surface area contributed by atoms with Crippen LogP contribution < -0.4 is 5.56 Å². The molecule has 3 aromatic heterocycles. The lowest BCUT2D eigenvalue weighted by atomic mass is 10.2. The van der Waals surface area contributed by atoms with Gasteiger partial charge in [-0.1, -0.05) is 6.07 Å². The Balaban J connectivity index is 1.69. The maximum atomic E-state index is 13.2. The predicted octanol–water partition coefficient (Wildman–Crippen LogP) is 1.62. The van der Waals surface area contributed by atoms with Gasteiger partial charge in [0, 0.05) is 31.7 Å². The molecule has 0 saturated carbocycles. The Morgan fingerprint density at radius 3 is 2.93 bits per heavy atom. The van der Waals surface area contributed by atoms with Crippen LogP contribution in [0.25, 0.3) is 5.65 Å². The second-order valence-corrected chi connectivity index (χ2v) is 6.71. The largest absolute Gasteiger partial charge is 0.504 e. The third-order valence-corrected chi connectivity index (χ3v) is 4.76. The number of carbonyl (C=O) groups excluding carboxylic acids is 1. The van der Waals surface area contributed by atoms with Crippen LogP contribution in [0.5, 0.6) is 5.75 Å². The van der Waals surface area contributed by atoms with E-state index in [4.69, 9.17) is 4.74 Å². The fraction of sp³-hybridized carbons (Fsp3) is 0.300. The number of aromatic hydroxyl groups is 1. The Kier molecular flexibility index (Phi) is 5.03. The number of nitrogens with zero attached hydrogens (tertiary/aromatic N) is 4. The van der Waals surface area contributed by atoms with Crippen LogP contribution >= 0.6 is 0 Å². The van der Waals surface area contributed by atoms with Gasteiger partial charge in [0.15, 0.2) is 11.4 Å². The molecule has 4 heterocycles. The summed E-state index contributed by atoms with van der Waals surface area (Å²) in [7, 11) is 0. The molecule has 0 radical (unpaired) electrons. The number of hydrogen-bond acceptors (Lipinski definition) is 6. The zero-order chi connectivity index (χ0) is 19.5. The molecule has 3 aromatic rings. The highest BCUT2D eigenvalue weighted by molar-refractivity contribution is 5.93. The van der Waals surface area contributed by atoms with Gasteiger partial charge < -0.3 is 14.7 Å². The molecule has 1 saturated heterocycles. The van der Waals surface area contributed by atoms with Gasteiger partial charge in [-0.25, -0.2) is 4.98 Å². The van der Waals surface area contributed by atoms with E-state index in [1.54, 1.807) is 11.1 Å². The number of hydrogen-bond donors (Lipinski definition) is 1. The molecule has 144 valence electrons. The summed E-state index contributed by atoms with van der Waals surface area (Å²) in [6, 6.07) is 8.46. The van der Waals surface area contributed by atoms with E-state index >= 15 is 0 Å². The fourth-order valence-electron chi connectivity index (χ4n) is 3.35. The minimum Gasteiger partial charge on any atom is -0.504 e. The van der Waals surface area contributed by atoms with Crippen LogP contribution in [0.15, 0.2) is 53.7 Å². The third kappa shape index (κ3) is 3.59. The SMILES string of the molecule is O=C(c1cnc2c(O)cccn2c1=O)N(Cc1ccccn1)CC1CCCO1. The molecule has 0 spiro atoms. The molecular formula is C20H20N4O4. The average molecular weight is 380 g/mol. The van der Waals surface area contributed by atoms with E-state index in [0.29, 0.717) is 13.2 Å². The van der Waals surface area contributed by atoms with Crippen molar-refractivity contribution in [3.05, 3.63) is 70.5 Å². The number of pyridine rings is 2. The van der Waals surface area contributed by atoms with E-state index in [1.807, 2.05) is 18.2 Å². The van der Waals surface area contributed by atoms with Gasteiger partial charge >= 0.3 is 0 Å². The number of rotatable bonds is 5. The first kappa shape index (κ1) is 18.1. The van der Waals surface area contributed by atoms with Crippen LogP contribution in [0, 0.1) is 0 Å². The lowest BCUT2D eigenvalue weighted by Gasteiger charge is -2.25. The molecule has 0 bridgehead atoms. The van der Waals surface area contributed by atoms with Crippen molar-refractivity contribution < 1.29 is 14.6 Å². The van der Waals surface area contributed by atoms with Crippen molar-refractivity contribution in [2.24, 2.45) is 0 Å². The van der Waals surface area contributed by atoms with Gasteiger partial charge in [-0.2, -0.15) is 0 Å². The van der Waals surface area contributed by atoms with Crippen molar-refractivity contribution in [1.29, 1.82) is 0 Å². The average Bonchev–Trinajstić information content (AvgIpc) is 3.22. The first-order chi connectivity index (χ1) is 13.6. The van der Waals surface area contributed by atoms with Crippen LogP contribution in [-0.2, 0) is 11.3 Å². The maximum Gasteiger partial charge on any atom is 0.270 e. The molecular weight excluding hydrogens is 360 g/mol. The van der Waals surface area contributed by atoms with Crippen molar-refractivity contribution in [3.8, 4) is 5.75 Å². The molecule has 1 N–H and O–H groups in total. The highest BCUT2D eigenvalue weighted by Crippen LogP contribution is 2.17. The number of aromatic nitrogens is 3. The second-order valence-electron chi connectivity index (χ2n) is 6.71. The molecule has 8 heteroatoms. The topological polar surface area (TPSA) is 97.0 Å². The van der Waals surface area contributed by atoms with Gasteiger partial charge in [0.1, 0.15) is 5.56 Å². The van der Waals surface area contributed by atoms with Crippen molar-refractivity contribution in [3.63, 3.8) is 0 Å². The van der Waals surface area contributed by atoms with Crippen LogP contribution in [0.3, 0.4) is 0 Å². The van der Waals surface area contributed by atoms with Crippen molar-refractivity contribution in [1.82, 2.24) is 19.3 Å². The van der Waals surface area contributed by atoms with E-state index in [9.17, 15) is 14.7 Å². The Labute approximate surface area is 161 Å². The monoisotopic (exact) mass is 380 g/mol. The van der Waals surface area contributed by atoms with E-state index in [2.05, 4.69) is 9.97 Å². The molecule has 1 fully saturated rings. The van der Waals surface area contributed by atoms with Gasteiger partial charge in [0.25, 0.3) is 11.5 Å². The van der Waals surface area contributed by atoms with Gasteiger partial charge in [0.2, 0.25) is 0 Å². The highest BCUT2D eigenvalue weighted by Gasteiger charge is 2.26. The van der Waals surface area contributed by atoms with E-state index in [1.165, 1.54) is 28.9 Å². The lowest BCUT2D eigenvalue weighted by molar-refractivity contribution is 0.0502. The lowest BCUT2D eigenvalue weighted by Crippen LogP contribution is -2.40. The standard InChI is InChI=1S/C20H20N4O4/c25-17-7-3-9-24-18(17)22-11-16(20(24)27)19(26)23(13-15-6-4-10-28-15)12-14-5-1-2-8-21-14/h1-3,5,7-9,11,15,25H,4,6,10,12-13H2. The molecule has 0 aliphatic carbocycles. The second kappa shape index (κ2) is 7.77. The molecule has 8 nitrogen and oxygen atoms in total. The smallest absolute Gasteiger partial charge is 0.270 e. The Morgan fingerprint density at radius 2 is 2.18 bits per heavy atom. The number of ether oxygens (including phenoxy) is 1. The molecule has 1 aliphatic rings. The summed E-state index contributed by atoms with van der Waals surface area (Å²) < 4.78 is 6.85. The molecule has 1 aliphatic heterocycles. The maximum absolute atomic E-state index is 13.2. The van der Waals surface area contributed by atoms with Crippen molar-refractivity contribution >= 4 is 11.6 Å². The van der Waals surface area contributed by atoms with E-state index < -0.39 is 11.5 Å². The number of amides is 1. The zero-order valence-corrected chi connectivity index (χ0v) is 15.2. The van der Waals surface area contributed by atoms with Crippen LogP contribution in [0.1, 0.15) is 28.9 Å². The molecule has 1 atom stereocenters. The number of fused-ring (bicyclic) bond motifs is 1. The fourth-order valence-corrected chi connectivity index (χ4v) is 3.35. The summed E-state index contributed by atoms with van der Waals surface area (Å²) in [6.07, 6.45) is 6.13. The highest BCUT2D eigenvalue weighted by atomic mass is 16.5. The van der Waals surface area contributed by atoms with Gasteiger partial charge in [0.05, 0.1) is 18.3 Å². The van der Waals surface area contributed by atoms with Crippen LogP contribution in [0.4, 0.5) is 0 Å². The number of carbonyl (C=O) groups is 1. The molecule has 1 amide bonds. The Morgan fingerprint density at radius 1 is 1.29 bits per heavy atom. The minimum atomic E-state index is -0.524. The van der Waals surface area contributed by atoms with Gasteiger partial charge in [-0.15, -0.1) is 0 Å². The minimum absolute atomic E-state index is 0.0583. The normalized spacial score (nSPS) is 16.4. The molecule has 4 rings (SSSR count). The summed E-state index contributed by atoms with van der Waals surface area (Å²) >= 11 is 0. The Hall–Kier alpha value is -3.26. The summed E-state index contributed by atoms with van der Waals surface area (Å²) in [6.45, 7) is 1.31. The van der Waals surface area contributed by atoms with E-state index in [-0.39, 0.29) is 29.6 Å². The first-order valence-electron chi connectivity index (χ1n) is 9.13. The Bertz CT molecular complexity index is 1050. The third-order valence-electron chi connectivity index (χ3n) is 4.76. The van der Waals surface area contributed by atoms with Gasteiger partial charge in [-0.05, 0) is 37.1 Å². The summed E-state index contributed by atoms with van der Waals surface area (Å²) in [5.41, 5.74) is 0.251. The van der Waals surface area contributed by atoms with Crippen LogP contribution in [-0.4, -0.2) is 49.5 Å². The molecule has 0 aromatic carbocycles. The first-order valence-corrected chi connectivity index (χ1v) is 9.13. The van der Waals surface area contributed by atoms with Crippen molar-refractivity contribution in [2.45, 2.75) is 25.5 Å². The van der Waals surface area contributed by atoms with Gasteiger partial charge in [-0.3, -0.25) is 19.0 Å². The summed E-state index contributed by atoms with van der Waals surface area (Å²) in [5, 5.41) is 9.88. The van der Waals surface area contributed by atoms with Crippen LogP contribution in [0.2, 0.25) is 0 Å². The zero-order valence-electron chi connectivity index (χ0n) is 15.2. The quantitative estimate of drug-likeness (QED) is 0.722. The summed E-state index contributed by atoms with van der Waals surface area (Å²) in [4.78, 5) is 36.0. The molecule has 1 unspecified atom stereocenters.